The summed E-state index contributed by atoms with van der Waals surface area (Å²) in [6.07, 6.45) is 0. The number of aromatic nitrogens is 2. The maximum atomic E-state index is 12.0. The van der Waals surface area contributed by atoms with E-state index in [1.165, 1.54) is 22.7 Å². The van der Waals surface area contributed by atoms with E-state index >= 15 is 0 Å². The Bertz CT molecular complexity index is 749. The first-order valence-electron chi connectivity index (χ1n) is 6.43. The normalized spacial score (nSPS) is 10.5. The molecule has 1 N–H and O–H groups in total. The highest BCUT2D eigenvalue weighted by molar-refractivity contribution is 7.14. The highest BCUT2D eigenvalue weighted by Gasteiger charge is 2.10. The average Bonchev–Trinajstić information content (AvgIpc) is 3.15. The van der Waals surface area contributed by atoms with Gasteiger partial charge in [-0.25, -0.2) is 0 Å². The molecule has 6 heteroatoms. The average molecular weight is 315 g/mol. The van der Waals surface area contributed by atoms with E-state index in [9.17, 15) is 4.79 Å². The Morgan fingerprint density at radius 1 is 1.24 bits per heavy atom. The van der Waals surface area contributed by atoms with Crippen LogP contribution in [0.25, 0.3) is 10.6 Å². The molecule has 0 bridgehead atoms. The zero-order chi connectivity index (χ0) is 14.7. The molecule has 1 amide bonds. The maximum Gasteiger partial charge on any atom is 0.261 e. The van der Waals surface area contributed by atoms with Crippen molar-refractivity contribution < 1.29 is 4.79 Å². The largest absolute Gasteiger partial charge is 0.345 e. The summed E-state index contributed by atoms with van der Waals surface area (Å²) >= 11 is 2.95. The molecule has 0 spiro atoms. The third-order valence-corrected chi connectivity index (χ3v) is 4.86. The van der Waals surface area contributed by atoms with Gasteiger partial charge in [-0.3, -0.25) is 4.79 Å². The van der Waals surface area contributed by atoms with E-state index in [0.717, 1.165) is 26.0 Å². The summed E-state index contributed by atoms with van der Waals surface area (Å²) in [6.45, 7) is 2.38. The summed E-state index contributed by atoms with van der Waals surface area (Å²) in [5.41, 5.74) is 2.15. The van der Waals surface area contributed by atoms with Gasteiger partial charge >= 0.3 is 0 Å². The van der Waals surface area contributed by atoms with E-state index in [1.807, 2.05) is 48.7 Å². The van der Waals surface area contributed by atoms with E-state index in [1.54, 1.807) is 0 Å². The molecule has 2 heterocycles. The summed E-state index contributed by atoms with van der Waals surface area (Å²) in [5, 5.41) is 14.8. The smallest absolute Gasteiger partial charge is 0.261 e. The SMILES string of the molecule is Cc1csc(C(=O)NCc2nnc(-c3ccccc3)s2)c1. The first-order chi connectivity index (χ1) is 10.2. The number of carbonyl (C=O) groups is 1. The first-order valence-corrected chi connectivity index (χ1v) is 8.13. The number of hydrogen-bond donors (Lipinski definition) is 1. The monoisotopic (exact) mass is 315 g/mol. The van der Waals surface area contributed by atoms with Gasteiger partial charge in [0.05, 0.1) is 11.4 Å². The fourth-order valence-corrected chi connectivity index (χ4v) is 3.41. The first kappa shape index (κ1) is 13.9. The number of nitrogens with one attached hydrogen (secondary N) is 1. The summed E-state index contributed by atoms with van der Waals surface area (Å²) < 4.78 is 0. The van der Waals surface area contributed by atoms with Gasteiger partial charge in [-0.15, -0.1) is 21.5 Å². The summed E-state index contributed by atoms with van der Waals surface area (Å²) in [4.78, 5) is 12.7. The van der Waals surface area contributed by atoms with Gasteiger partial charge in [0.2, 0.25) is 0 Å². The van der Waals surface area contributed by atoms with E-state index in [2.05, 4.69) is 15.5 Å². The Morgan fingerprint density at radius 2 is 2.05 bits per heavy atom. The van der Waals surface area contributed by atoms with Crippen molar-refractivity contribution in [3.63, 3.8) is 0 Å². The highest BCUT2D eigenvalue weighted by atomic mass is 32.1. The van der Waals surface area contributed by atoms with Gasteiger partial charge in [0.1, 0.15) is 10.0 Å². The molecular formula is C15H13N3OS2. The van der Waals surface area contributed by atoms with Crippen LogP contribution >= 0.6 is 22.7 Å². The molecule has 0 aliphatic rings. The van der Waals surface area contributed by atoms with Gasteiger partial charge in [-0.2, -0.15) is 0 Å². The van der Waals surface area contributed by atoms with Crippen LogP contribution in [0.1, 0.15) is 20.2 Å². The van der Waals surface area contributed by atoms with Crippen LogP contribution in [-0.2, 0) is 6.54 Å². The van der Waals surface area contributed by atoms with Crippen molar-refractivity contribution >= 4 is 28.6 Å². The molecule has 21 heavy (non-hydrogen) atoms. The summed E-state index contributed by atoms with van der Waals surface area (Å²) in [7, 11) is 0. The second-order valence-electron chi connectivity index (χ2n) is 4.54. The number of thiophene rings is 1. The van der Waals surface area contributed by atoms with Gasteiger partial charge in [-0.1, -0.05) is 41.7 Å². The Kier molecular flexibility index (Phi) is 4.08. The number of hydrogen-bond acceptors (Lipinski definition) is 5. The molecule has 0 aliphatic heterocycles. The number of rotatable bonds is 4. The minimum Gasteiger partial charge on any atom is -0.345 e. The van der Waals surface area contributed by atoms with Crippen LogP contribution in [0, 0.1) is 6.92 Å². The zero-order valence-corrected chi connectivity index (χ0v) is 13.0. The lowest BCUT2D eigenvalue weighted by molar-refractivity contribution is 0.0955. The van der Waals surface area contributed by atoms with E-state index in [0.29, 0.717) is 6.54 Å². The Labute approximate surface area is 130 Å². The van der Waals surface area contributed by atoms with Gasteiger partial charge in [0.25, 0.3) is 5.91 Å². The maximum absolute atomic E-state index is 12.0. The molecule has 0 radical (unpaired) electrons. The van der Waals surface area contributed by atoms with Gasteiger partial charge < -0.3 is 5.32 Å². The topological polar surface area (TPSA) is 54.9 Å². The van der Waals surface area contributed by atoms with Gasteiger partial charge in [-0.05, 0) is 23.9 Å². The lowest BCUT2D eigenvalue weighted by Crippen LogP contribution is -2.21. The molecule has 0 unspecified atom stereocenters. The zero-order valence-electron chi connectivity index (χ0n) is 11.4. The Morgan fingerprint density at radius 3 is 2.76 bits per heavy atom. The van der Waals surface area contributed by atoms with Crippen LogP contribution in [0.5, 0.6) is 0 Å². The van der Waals surface area contributed by atoms with Gasteiger partial charge in [0, 0.05) is 5.56 Å². The van der Waals surface area contributed by atoms with Crippen molar-refractivity contribution in [3.05, 3.63) is 57.2 Å². The van der Waals surface area contributed by atoms with Crippen molar-refractivity contribution in [2.24, 2.45) is 0 Å². The lowest BCUT2D eigenvalue weighted by Gasteiger charge is -1.99. The van der Waals surface area contributed by atoms with Crippen molar-refractivity contribution in [2.75, 3.05) is 0 Å². The molecule has 0 saturated carbocycles. The molecule has 3 aromatic rings. The predicted molar refractivity (Wildman–Crippen MR) is 85.6 cm³/mol. The van der Waals surface area contributed by atoms with Crippen molar-refractivity contribution in [3.8, 4) is 10.6 Å². The standard InChI is InChI=1S/C15H13N3OS2/c1-10-7-12(20-9-10)14(19)16-8-13-17-18-15(21-13)11-5-3-2-4-6-11/h2-7,9H,8H2,1H3,(H,16,19). The molecule has 0 saturated heterocycles. The Hall–Kier alpha value is -2.05. The molecule has 4 nitrogen and oxygen atoms in total. The number of benzene rings is 1. The van der Waals surface area contributed by atoms with Crippen LogP contribution in [-0.4, -0.2) is 16.1 Å². The second-order valence-corrected chi connectivity index (χ2v) is 6.51. The fraction of sp³-hybridized carbons (Fsp3) is 0.133. The van der Waals surface area contributed by atoms with Crippen molar-refractivity contribution in [1.82, 2.24) is 15.5 Å². The van der Waals surface area contributed by atoms with E-state index in [4.69, 9.17) is 0 Å². The Balaban J connectivity index is 1.64. The molecule has 106 valence electrons. The van der Waals surface area contributed by atoms with Crippen LogP contribution < -0.4 is 5.32 Å². The minimum atomic E-state index is -0.0652. The lowest BCUT2D eigenvalue weighted by atomic mass is 10.2. The number of nitrogens with zero attached hydrogens (tertiary/aromatic N) is 2. The summed E-state index contributed by atoms with van der Waals surface area (Å²) in [5.74, 6) is -0.0652. The predicted octanol–water partition coefficient (Wildman–Crippen LogP) is 3.51. The second kappa shape index (κ2) is 6.15. The highest BCUT2D eigenvalue weighted by Crippen LogP contribution is 2.23. The molecular weight excluding hydrogens is 302 g/mol. The van der Waals surface area contributed by atoms with Crippen molar-refractivity contribution in [1.29, 1.82) is 0 Å². The van der Waals surface area contributed by atoms with Crippen LogP contribution in [0.3, 0.4) is 0 Å². The molecule has 0 atom stereocenters. The summed E-state index contributed by atoms with van der Waals surface area (Å²) in [6, 6.07) is 11.8. The fourth-order valence-electron chi connectivity index (χ4n) is 1.82. The van der Waals surface area contributed by atoms with E-state index < -0.39 is 0 Å². The molecule has 3 rings (SSSR count). The van der Waals surface area contributed by atoms with Crippen molar-refractivity contribution in [2.45, 2.75) is 13.5 Å². The number of aryl methyl sites for hydroxylation is 1. The third kappa shape index (κ3) is 3.34. The quantitative estimate of drug-likeness (QED) is 0.801. The molecule has 1 aromatic carbocycles. The molecule has 2 aromatic heterocycles. The molecule has 0 fully saturated rings. The van der Waals surface area contributed by atoms with Gasteiger partial charge in [0.15, 0.2) is 0 Å². The van der Waals surface area contributed by atoms with Crippen LogP contribution in [0.15, 0.2) is 41.8 Å². The minimum absolute atomic E-state index is 0.0652. The molecule has 0 aliphatic carbocycles. The number of amides is 1. The third-order valence-electron chi connectivity index (χ3n) is 2.84. The van der Waals surface area contributed by atoms with E-state index in [-0.39, 0.29) is 5.91 Å². The number of carbonyl (C=O) groups excluding carboxylic acids is 1. The van der Waals surface area contributed by atoms with Crippen LogP contribution in [0.4, 0.5) is 0 Å². The van der Waals surface area contributed by atoms with Crippen LogP contribution in [0.2, 0.25) is 0 Å².